The molecule has 4 rings (SSSR count). The molecule has 5 nitrogen and oxygen atoms in total. The first kappa shape index (κ1) is 21.8. The van der Waals surface area contributed by atoms with E-state index in [0.717, 1.165) is 33.4 Å². The number of methoxy groups -OCH3 is 1. The molecule has 0 unspecified atom stereocenters. The predicted octanol–water partition coefficient (Wildman–Crippen LogP) is 6.07. The normalized spacial score (nSPS) is 12.8. The molecule has 0 spiro atoms. The number of aliphatic imine (C=N–C) groups is 2. The summed E-state index contributed by atoms with van der Waals surface area (Å²) in [6, 6.07) is 20.0. The highest BCUT2D eigenvalue weighted by Crippen LogP contribution is 2.33. The number of benzene rings is 3. The van der Waals surface area contributed by atoms with Crippen LogP contribution in [0.4, 0.5) is 21.5 Å². The monoisotopic (exact) mass is 447 g/mol. The van der Waals surface area contributed by atoms with Crippen LogP contribution >= 0.6 is 11.8 Å². The van der Waals surface area contributed by atoms with Gasteiger partial charge in [-0.05, 0) is 72.6 Å². The topological polar surface area (TPSA) is 63.1 Å². The number of nitrogens with zero attached hydrogens (tertiary/aromatic N) is 2. The van der Waals surface area contributed by atoms with Crippen LogP contribution in [0.3, 0.4) is 0 Å². The Labute approximate surface area is 190 Å². The number of carbonyl (C=O) groups excluding carboxylic acids is 1. The molecule has 3 aromatic rings. The summed E-state index contributed by atoms with van der Waals surface area (Å²) in [6.07, 6.45) is 0.509. The van der Waals surface area contributed by atoms with Crippen LogP contribution in [0.15, 0.2) is 76.7 Å². The third kappa shape index (κ3) is 5.23. The van der Waals surface area contributed by atoms with E-state index < -0.39 is 0 Å². The Morgan fingerprint density at radius 3 is 2.47 bits per heavy atom. The van der Waals surface area contributed by atoms with E-state index in [-0.39, 0.29) is 17.5 Å². The fourth-order valence-corrected chi connectivity index (χ4v) is 4.03. The highest BCUT2D eigenvalue weighted by atomic mass is 32.2. The summed E-state index contributed by atoms with van der Waals surface area (Å²) in [7, 11) is 1.63. The van der Waals surface area contributed by atoms with Crippen LogP contribution < -0.4 is 10.1 Å². The van der Waals surface area contributed by atoms with Crippen LogP contribution in [-0.4, -0.2) is 29.5 Å². The maximum absolute atomic E-state index is 13.5. The van der Waals surface area contributed by atoms with Gasteiger partial charge in [-0.2, -0.15) is 0 Å². The third-order valence-corrected chi connectivity index (χ3v) is 5.91. The van der Waals surface area contributed by atoms with Crippen molar-refractivity contribution in [1.82, 2.24) is 0 Å². The minimum atomic E-state index is -0.297. The minimum Gasteiger partial charge on any atom is -0.497 e. The molecule has 1 heterocycles. The molecular formula is C25H22FN3O2S. The number of hydrogen-bond donors (Lipinski definition) is 1. The molecule has 1 aliphatic heterocycles. The second-order valence-corrected chi connectivity index (χ2v) is 8.31. The zero-order valence-corrected chi connectivity index (χ0v) is 18.6. The summed E-state index contributed by atoms with van der Waals surface area (Å²) >= 11 is 1.37. The lowest BCUT2D eigenvalue weighted by Gasteiger charge is -2.09. The van der Waals surface area contributed by atoms with Crippen molar-refractivity contribution in [1.29, 1.82) is 0 Å². The Bertz CT molecular complexity index is 1210. The highest BCUT2D eigenvalue weighted by Gasteiger charge is 2.17. The van der Waals surface area contributed by atoms with E-state index in [1.54, 1.807) is 26.2 Å². The van der Waals surface area contributed by atoms with Crippen LogP contribution in [0.1, 0.15) is 17.5 Å². The Balaban J connectivity index is 1.51. The standard InChI is InChI=1S/C25H22FN3O2S/c1-16-13-18(9-12-20(16)26)27-24(30)15-32-25-14-23(17-7-10-19(31-2)11-8-17)28-21-5-3-4-6-22(21)29-25/h3-13H,14-15H2,1-2H3,(H,27,30). The van der Waals surface area contributed by atoms with Crippen LogP contribution in [-0.2, 0) is 4.79 Å². The maximum atomic E-state index is 13.5. The van der Waals surface area contributed by atoms with E-state index in [1.165, 1.54) is 17.8 Å². The van der Waals surface area contributed by atoms with E-state index in [0.29, 0.717) is 17.7 Å². The second-order valence-electron chi connectivity index (χ2n) is 7.26. The first-order valence-electron chi connectivity index (χ1n) is 10.1. The first-order chi connectivity index (χ1) is 15.5. The fourth-order valence-electron chi connectivity index (χ4n) is 3.26. The van der Waals surface area contributed by atoms with Crippen LogP contribution in [0.25, 0.3) is 0 Å². The van der Waals surface area contributed by atoms with Gasteiger partial charge >= 0.3 is 0 Å². The molecule has 0 atom stereocenters. The number of aryl methyl sites for hydroxylation is 1. The van der Waals surface area contributed by atoms with Gasteiger partial charge in [-0.15, -0.1) is 11.8 Å². The molecule has 1 N–H and O–H groups in total. The number of amides is 1. The molecule has 32 heavy (non-hydrogen) atoms. The van der Waals surface area contributed by atoms with Gasteiger partial charge in [0.15, 0.2) is 0 Å². The Morgan fingerprint density at radius 1 is 1.06 bits per heavy atom. The van der Waals surface area contributed by atoms with Crippen LogP contribution in [0.2, 0.25) is 0 Å². The molecule has 0 aliphatic carbocycles. The number of halogens is 1. The molecule has 0 aromatic heterocycles. The summed E-state index contributed by atoms with van der Waals surface area (Å²) in [5.41, 5.74) is 4.47. The Kier molecular flexibility index (Phi) is 6.66. The van der Waals surface area contributed by atoms with E-state index in [4.69, 9.17) is 14.7 Å². The van der Waals surface area contributed by atoms with E-state index >= 15 is 0 Å². The van der Waals surface area contributed by atoms with Gasteiger partial charge in [0, 0.05) is 12.1 Å². The molecule has 0 fully saturated rings. The van der Waals surface area contributed by atoms with Crippen molar-refractivity contribution in [2.45, 2.75) is 13.3 Å². The van der Waals surface area contributed by atoms with Crippen molar-refractivity contribution in [2.24, 2.45) is 9.98 Å². The van der Waals surface area contributed by atoms with Crippen molar-refractivity contribution in [2.75, 3.05) is 18.2 Å². The lowest BCUT2D eigenvalue weighted by Crippen LogP contribution is -2.16. The Morgan fingerprint density at radius 2 is 1.78 bits per heavy atom. The molecule has 1 amide bonds. The SMILES string of the molecule is COc1ccc(C2=Nc3ccccc3N=C(SCC(=O)Nc3ccc(F)c(C)c3)C2)cc1. The summed E-state index contributed by atoms with van der Waals surface area (Å²) in [4.78, 5) is 22.1. The highest BCUT2D eigenvalue weighted by molar-refractivity contribution is 8.14. The summed E-state index contributed by atoms with van der Waals surface area (Å²) in [6.45, 7) is 1.66. The number of rotatable bonds is 5. The van der Waals surface area contributed by atoms with E-state index in [1.807, 2.05) is 48.5 Å². The molecule has 3 aromatic carbocycles. The van der Waals surface area contributed by atoms with Crippen LogP contribution in [0.5, 0.6) is 5.75 Å². The fraction of sp³-hybridized carbons (Fsp3) is 0.160. The van der Waals surface area contributed by atoms with Gasteiger partial charge in [0.1, 0.15) is 11.6 Å². The number of anilines is 1. The number of carbonyl (C=O) groups is 1. The van der Waals surface area contributed by atoms with E-state index in [9.17, 15) is 9.18 Å². The van der Waals surface area contributed by atoms with Gasteiger partial charge in [0.05, 0.1) is 35.0 Å². The van der Waals surface area contributed by atoms with Gasteiger partial charge in [-0.25, -0.2) is 9.38 Å². The molecule has 0 bridgehead atoms. The Hall–Kier alpha value is -3.45. The lowest BCUT2D eigenvalue weighted by atomic mass is 10.1. The van der Waals surface area contributed by atoms with Gasteiger partial charge in [-0.3, -0.25) is 9.79 Å². The van der Waals surface area contributed by atoms with Crippen molar-refractivity contribution < 1.29 is 13.9 Å². The maximum Gasteiger partial charge on any atom is 0.234 e. The number of fused-ring (bicyclic) bond motifs is 1. The van der Waals surface area contributed by atoms with E-state index in [2.05, 4.69) is 5.32 Å². The average molecular weight is 448 g/mol. The number of nitrogens with one attached hydrogen (secondary N) is 1. The van der Waals surface area contributed by atoms with Gasteiger partial charge in [-0.1, -0.05) is 12.1 Å². The zero-order chi connectivity index (χ0) is 22.5. The summed E-state index contributed by atoms with van der Waals surface area (Å²) in [5, 5.41) is 3.62. The number of thioether (sulfide) groups is 1. The first-order valence-corrected chi connectivity index (χ1v) is 11.1. The quantitative estimate of drug-likeness (QED) is 0.516. The molecular weight excluding hydrogens is 425 g/mol. The predicted molar refractivity (Wildman–Crippen MR) is 130 cm³/mol. The average Bonchev–Trinajstić information content (AvgIpc) is 2.99. The smallest absolute Gasteiger partial charge is 0.234 e. The molecule has 7 heteroatoms. The molecule has 0 saturated carbocycles. The molecule has 1 aliphatic rings. The van der Waals surface area contributed by atoms with Gasteiger partial charge in [0.2, 0.25) is 5.91 Å². The third-order valence-electron chi connectivity index (χ3n) is 4.94. The number of para-hydroxylation sites is 2. The molecule has 162 valence electrons. The van der Waals surface area contributed by atoms with Gasteiger partial charge < -0.3 is 10.1 Å². The summed E-state index contributed by atoms with van der Waals surface area (Å²) in [5.74, 6) is 0.491. The van der Waals surface area contributed by atoms with Gasteiger partial charge in [0.25, 0.3) is 0 Å². The van der Waals surface area contributed by atoms with Crippen molar-refractivity contribution in [3.63, 3.8) is 0 Å². The number of hydrogen-bond acceptors (Lipinski definition) is 5. The largest absolute Gasteiger partial charge is 0.497 e. The van der Waals surface area contributed by atoms with Crippen molar-refractivity contribution in [3.05, 3.63) is 83.7 Å². The van der Waals surface area contributed by atoms with Crippen molar-refractivity contribution >= 4 is 45.5 Å². The zero-order valence-electron chi connectivity index (χ0n) is 17.8. The minimum absolute atomic E-state index is 0.177. The van der Waals surface area contributed by atoms with Crippen LogP contribution in [0, 0.1) is 12.7 Å². The van der Waals surface area contributed by atoms with Crippen molar-refractivity contribution in [3.8, 4) is 5.75 Å². The molecule has 0 saturated heterocycles. The summed E-state index contributed by atoms with van der Waals surface area (Å²) < 4.78 is 18.7. The second kappa shape index (κ2) is 9.78. The molecule has 0 radical (unpaired) electrons. The lowest BCUT2D eigenvalue weighted by molar-refractivity contribution is -0.113. The number of ether oxygens (including phenoxy) is 1.